The molecule has 2 aliphatic heterocycles. The van der Waals surface area contributed by atoms with Gasteiger partial charge in [0.15, 0.2) is 0 Å². The zero-order valence-electron chi connectivity index (χ0n) is 12.1. The molecule has 0 N–H and O–H groups in total. The van der Waals surface area contributed by atoms with E-state index >= 15 is 0 Å². The molecule has 2 aliphatic rings. The number of piperazine rings is 1. The van der Waals surface area contributed by atoms with E-state index in [0.29, 0.717) is 0 Å². The van der Waals surface area contributed by atoms with E-state index in [-0.39, 0.29) is 0 Å². The molecule has 0 aromatic heterocycles. The third-order valence-corrected chi connectivity index (χ3v) is 5.64. The maximum absolute atomic E-state index is 3.70. The highest BCUT2D eigenvalue weighted by Gasteiger charge is 2.33. The van der Waals surface area contributed by atoms with Crippen molar-refractivity contribution in [2.24, 2.45) is 5.92 Å². The molecule has 3 unspecified atom stereocenters. The second kappa shape index (κ2) is 7.25. The second-order valence-electron chi connectivity index (χ2n) is 6.26. The minimum absolute atomic E-state index is 0.748. The molecule has 0 aromatic rings. The van der Waals surface area contributed by atoms with Crippen LogP contribution >= 0.6 is 15.9 Å². The summed E-state index contributed by atoms with van der Waals surface area (Å²) in [5.41, 5.74) is 0. The second-order valence-corrected chi connectivity index (χ2v) is 6.90. The maximum Gasteiger partial charge on any atom is 0.0223 e. The molecule has 0 aromatic carbocycles. The van der Waals surface area contributed by atoms with E-state index in [1.54, 1.807) is 0 Å². The van der Waals surface area contributed by atoms with Gasteiger partial charge < -0.3 is 0 Å². The van der Waals surface area contributed by atoms with Gasteiger partial charge in [0.25, 0.3) is 0 Å². The van der Waals surface area contributed by atoms with Crippen molar-refractivity contribution in [3.05, 3.63) is 0 Å². The van der Waals surface area contributed by atoms with Crippen LogP contribution in [0.25, 0.3) is 0 Å². The van der Waals surface area contributed by atoms with Crippen LogP contribution in [-0.4, -0.2) is 53.4 Å². The topological polar surface area (TPSA) is 6.48 Å². The SMILES string of the molecule is CCCC(CBr)CN1CC2CCCCN2CC1C. The first-order valence-corrected chi connectivity index (χ1v) is 8.90. The molecule has 0 aliphatic carbocycles. The largest absolute Gasteiger partial charge is 0.298 e. The zero-order chi connectivity index (χ0) is 13.0. The summed E-state index contributed by atoms with van der Waals surface area (Å²) in [7, 11) is 0. The molecule has 2 fully saturated rings. The molecule has 0 radical (unpaired) electrons. The smallest absolute Gasteiger partial charge is 0.0223 e. The number of rotatable bonds is 5. The predicted octanol–water partition coefficient (Wildman–Crippen LogP) is 3.36. The van der Waals surface area contributed by atoms with Gasteiger partial charge in [-0.05, 0) is 38.6 Å². The minimum atomic E-state index is 0.748. The first-order chi connectivity index (χ1) is 8.74. The van der Waals surface area contributed by atoms with Crippen molar-refractivity contribution in [3.63, 3.8) is 0 Å². The summed E-state index contributed by atoms with van der Waals surface area (Å²) in [4.78, 5) is 5.50. The van der Waals surface area contributed by atoms with Gasteiger partial charge in [-0.15, -0.1) is 0 Å². The number of hydrogen-bond donors (Lipinski definition) is 0. The lowest BCUT2D eigenvalue weighted by Crippen LogP contribution is -2.59. The normalized spacial score (nSPS) is 32.2. The summed E-state index contributed by atoms with van der Waals surface area (Å²) in [6.45, 7) is 9.98. The summed E-state index contributed by atoms with van der Waals surface area (Å²) in [5.74, 6) is 0.840. The molecule has 3 atom stereocenters. The molecule has 2 rings (SSSR count). The number of fused-ring (bicyclic) bond motifs is 1. The fourth-order valence-corrected chi connectivity index (χ4v) is 4.15. The van der Waals surface area contributed by atoms with Gasteiger partial charge in [0.05, 0.1) is 0 Å². The molecule has 106 valence electrons. The number of halogens is 1. The lowest BCUT2D eigenvalue weighted by atomic mass is 9.95. The highest BCUT2D eigenvalue weighted by molar-refractivity contribution is 9.09. The van der Waals surface area contributed by atoms with Crippen molar-refractivity contribution in [3.8, 4) is 0 Å². The Bertz CT molecular complexity index is 245. The van der Waals surface area contributed by atoms with Crippen molar-refractivity contribution < 1.29 is 0 Å². The van der Waals surface area contributed by atoms with Crippen LogP contribution in [0.1, 0.15) is 46.0 Å². The lowest BCUT2D eigenvalue weighted by Gasteiger charge is -2.48. The zero-order valence-corrected chi connectivity index (χ0v) is 13.7. The lowest BCUT2D eigenvalue weighted by molar-refractivity contribution is 0.00869. The van der Waals surface area contributed by atoms with E-state index < -0.39 is 0 Å². The quantitative estimate of drug-likeness (QED) is 0.718. The molecular weight excluding hydrogens is 288 g/mol. The van der Waals surface area contributed by atoms with Crippen molar-refractivity contribution in [2.75, 3.05) is 31.5 Å². The standard InChI is InChI=1S/C15H29BrN2/c1-3-6-14(9-16)11-18-12-15-7-4-5-8-17(15)10-13(18)2/h13-15H,3-12H2,1-2H3. The Morgan fingerprint density at radius 2 is 2.11 bits per heavy atom. The number of piperidine rings is 1. The molecule has 0 saturated carbocycles. The highest BCUT2D eigenvalue weighted by atomic mass is 79.9. The highest BCUT2D eigenvalue weighted by Crippen LogP contribution is 2.25. The Morgan fingerprint density at radius 3 is 2.83 bits per heavy atom. The Kier molecular flexibility index (Phi) is 5.96. The molecule has 2 heterocycles. The van der Waals surface area contributed by atoms with Gasteiger partial charge in [0, 0.05) is 37.0 Å². The van der Waals surface area contributed by atoms with E-state index in [1.807, 2.05) is 0 Å². The third-order valence-electron chi connectivity index (χ3n) is 4.72. The molecule has 2 nitrogen and oxygen atoms in total. The summed E-state index contributed by atoms with van der Waals surface area (Å²) >= 11 is 3.70. The summed E-state index contributed by atoms with van der Waals surface area (Å²) in [5, 5.41) is 1.17. The Morgan fingerprint density at radius 1 is 1.28 bits per heavy atom. The van der Waals surface area contributed by atoms with Gasteiger partial charge in [-0.25, -0.2) is 0 Å². The maximum atomic E-state index is 3.70. The molecule has 0 amide bonds. The predicted molar refractivity (Wildman–Crippen MR) is 82.4 cm³/mol. The molecular formula is C15H29BrN2. The number of nitrogens with zero attached hydrogens (tertiary/aromatic N) is 2. The van der Waals surface area contributed by atoms with E-state index in [1.165, 1.54) is 63.6 Å². The Hall–Kier alpha value is 0.400. The first kappa shape index (κ1) is 14.8. The third kappa shape index (κ3) is 3.71. The van der Waals surface area contributed by atoms with Crippen LogP contribution in [0.15, 0.2) is 0 Å². The van der Waals surface area contributed by atoms with E-state index in [2.05, 4.69) is 39.6 Å². The van der Waals surface area contributed by atoms with E-state index in [0.717, 1.165) is 18.0 Å². The molecule has 2 saturated heterocycles. The average molecular weight is 317 g/mol. The Balaban J connectivity index is 1.88. The van der Waals surface area contributed by atoms with Crippen molar-refractivity contribution in [1.29, 1.82) is 0 Å². The van der Waals surface area contributed by atoms with Crippen LogP contribution in [0.3, 0.4) is 0 Å². The van der Waals surface area contributed by atoms with Gasteiger partial charge >= 0.3 is 0 Å². The molecule has 0 spiro atoms. The van der Waals surface area contributed by atoms with Crippen LogP contribution in [0.4, 0.5) is 0 Å². The molecule has 18 heavy (non-hydrogen) atoms. The average Bonchev–Trinajstić information content (AvgIpc) is 2.39. The van der Waals surface area contributed by atoms with Crippen molar-refractivity contribution in [1.82, 2.24) is 9.80 Å². The summed E-state index contributed by atoms with van der Waals surface area (Å²) in [6.07, 6.45) is 6.97. The summed E-state index contributed by atoms with van der Waals surface area (Å²) < 4.78 is 0. The van der Waals surface area contributed by atoms with E-state index in [9.17, 15) is 0 Å². The molecule has 0 bridgehead atoms. The van der Waals surface area contributed by atoms with Gasteiger partial charge in [0.1, 0.15) is 0 Å². The fraction of sp³-hybridized carbons (Fsp3) is 1.00. The summed E-state index contributed by atoms with van der Waals surface area (Å²) in [6, 6.07) is 1.60. The van der Waals surface area contributed by atoms with E-state index in [4.69, 9.17) is 0 Å². The van der Waals surface area contributed by atoms with Crippen LogP contribution in [0.5, 0.6) is 0 Å². The van der Waals surface area contributed by atoms with Gasteiger partial charge in [-0.1, -0.05) is 35.7 Å². The first-order valence-electron chi connectivity index (χ1n) is 7.78. The van der Waals surface area contributed by atoms with Crippen LogP contribution in [0.2, 0.25) is 0 Å². The van der Waals surface area contributed by atoms with Crippen LogP contribution in [0, 0.1) is 5.92 Å². The molecule has 3 heteroatoms. The minimum Gasteiger partial charge on any atom is -0.298 e. The van der Waals surface area contributed by atoms with Gasteiger partial charge in [0.2, 0.25) is 0 Å². The van der Waals surface area contributed by atoms with Crippen LogP contribution < -0.4 is 0 Å². The monoisotopic (exact) mass is 316 g/mol. The van der Waals surface area contributed by atoms with Crippen molar-refractivity contribution in [2.45, 2.75) is 58.0 Å². The number of alkyl halides is 1. The van der Waals surface area contributed by atoms with Crippen LogP contribution in [-0.2, 0) is 0 Å². The Labute approximate surface area is 121 Å². The number of hydrogen-bond acceptors (Lipinski definition) is 2. The van der Waals surface area contributed by atoms with Gasteiger partial charge in [-0.3, -0.25) is 9.80 Å². The van der Waals surface area contributed by atoms with Crippen molar-refractivity contribution >= 4 is 15.9 Å². The van der Waals surface area contributed by atoms with Gasteiger partial charge in [-0.2, -0.15) is 0 Å². The fourth-order valence-electron chi connectivity index (χ4n) is 3.62.